The molecule has 0 aliphatic heterocycles. The van der Waals surface area contributed by atoms with Crippen LogP contribution in [0.2, 0.25) is 0 Å². The largest absolute Gasteiger partial charge is 0.456 e. The van der Waals surface area contributed by atoms with Crippen molar-refractivity contribution >= 4 is 10.8 Å². The molecule has 0 atom stereocenters. The van der Waals surface area contributed by atoms with Gasteiger partial charge in [-0.1, -0.05) is 36.4 Å². The minimum Gasteiger partial charge on any atom is -0.456 e. The van der Waals surface area contributed by atoms with Gasteiger partial charge in [0.2, 0.25) is 0 Å². The van der Waals surface area contributed by atoms with Gasteiger partial charge in [0.05, 0.1) is 0 Å². The predicted octanol–water partition coefficient (Wildman–Crippen LogP) is 4.27. The minimum absolute atomic E-state index is 0.274. The maximum absolute atomic E-state index is 13.4. The lowest BCUT2D eigenvalue weighted by atomic mass is 10.1. The van der Waals surface area contributed by atoms with Crippen LogP contribution in [-0.2, 0) is 6.42 Å². The highest BCUT2D eigenvalue weighted by Gasteiger charge is 2.08. The van der Waals surface area contributed by atoms with Gasteiger partial charge in [-0.2, -0.15) is 0 Å². The topological polar surface area (TPSA) is 35.2 Å². The molecule has 0 unspecified atom stereocenters. The summed E-state index contributed by atoms with van der Waals surface area (Å²) in [7, 11) is 0. The van der Waals surface area contributed by atoms with E-state index in [1.165, 1.54) is 12.1 Å². The molecule has 0 radical (unpaired) electrons. The third-order valence-electron chi connectivity index (χ3n) is 3.41. The molecule has 2 nitrogen and oxygen atoms in total. The number of fused-ring (bicyclic) bond motifs is 1. The maximum atomic E-state index is 13.4. The summed E-state index contributed by atoms with van der Waals surface area (Å²) in [5.74, 6) is 1.14. The molecule has 0 aromatic heterocycles. The Hall–Kier alpha value is -2.39. The maximum Gasteiger partial charge on any atom is 0.135 e. The molecule has 3 aromatic rings. The first-order chi connectivity index (χ1) is 10.3. The summed E-state index contributed by atoms with van der Waals surface area (Å²) in [6.07, 6.45) is 0.581. The molecule has 21 heavy (non-hydrogen) atoms. The number of rotatable bonds is 4. The average molecular weight is 281 g/mol. The summed E-state index contributed by atoms with van der Waals surface area (Å²) in [6.45, 7) is 0.454. The predicted molar refractivity (Wildman–Crippen MR) is 83.2 cm³/mol. The molecule has 0 bridgehead atoms. The third-order valence-corrected chi connectivity index (χ3v) is 3.41. The Bertz CT molecular complexity index is 765. The zero-order chi connectivity index (χ0) is 14.7. The highest BCUT2D eigenvalue weighted by molar-refractivity contribution is 5.88. The van der Waals surface area contributed by atoms with Crippen LogP contribution in [0.15, 0.2) is 60.7 Å². The van der Waals surface area contributed by atoms with Gasteiger partial charge in [0.25, 0.3) is 0 Å². The molecule has 0 aliphatic rings. The zero-order valence-electron chi connectivity index (χ0n) is 11.6. The van der Waals surface area contributed by atoms with E-state index in [1.54, 1.807) is 6.07 Å². The van der Waals surface area contributed by atoms with Crippen molar-refractivity contribution in [1.82, 2.24) is 0 Å². The second-order valence-electron chi connectivity index (χ2n) is 4.87. The summed E-state index contributed by atoms with van der Waals surface area (Å²) in [5, 5.41) is 2.14. The second-order valence-corrected chi connectivity index (χ2v) is 4.87. The molecule has 3 rings (SSSR count). The highest BCUT2D eigenvalue weighted by Crippen LogP contribution is 2.32. The van der Waals surface area contributed by atoms with Crippen LogP contribution in [0.25, 0.3) is 10.8 Å². The van der Waals surface area contributed by atoms with Crippen molar-refractivity contribution in [2.75, 3.05) is 6.54 Å². The second kappa shape index (κ2) is 5.94. The minimum atomic E-state index is -0.274. The lowest BCUT2D eigenvalue weighted by Gasteiger charge is -2.12. The summed E-state index contributed by atoms with van der Waals surface area (Å²) in [6, 6.07) is 18.4. The molecule has 3 aromatic carbocycles. The Morgan fingerprint density at radius 2 is 1.71 bits per heavy atom. The van der Waals surface area contributed by atoms with Crippen LogP contribution < -0.4 is 10.5 Å². The van der Waals surface area contributed by atoms with Crippen molar-refractivity contribution in [1.29, 1.82) is 0 Å². The van der Waals surface area contributed by atoms with E-state index >= 15 is 0 Å². The quantitative estimate of drug-likeness (QED) is 0.775. The first-order valence-electron chi connectivity index (χ1n) is 6.92. The summed E-state index contributed by atoms with van der Waals surface area (Å²) in [5.41, 5.74) is 6.37. The number of ether oxygens (including phenoxy) is 1. The number of hydrogen-bond acceptors (Lipinski definition) is 2. The standard InChI is InChI=1S/C18H16FNO/c19-15-8-9-17(14(12-15)10-11-20)21-18-7-3-5-13-4-1-2-6-16(13)18/h1-9,12H,10-11,20H2. The van der Waals surface area contributed by atoms with E-state index in [1.807, 2.05) is 42.5 Å². The van der Waals surface area contributed by atoms with E-state index in [2.05, 4.69) is 0 Å². The fourth-order valence-electron chi connectivity index (χ4n) is 2.40. The fourth-order valence-corrected chi connectivity index (χ4v) is 2.40. The number of hydrogen-bond donors (Lipinski definition) is 1. The number of halogens is 1. The van der Waals surface area contributed by atoms with E-state index in [0.717, 1.165) is 22.1 Å². The Morgan fingerprint density at radius 3 is 2.57 bits per heavy atom. The van der Waals surface area contributed by atoms with E-state index in [-0.39, 0.29) is 5.82 Å². The molecule has 106 valence electrons. The molecule has 3 heteroatoms. The van der Waals surface area contributed by atoms with Crippen molar-refractivity contribution in [3.63, 3.8) is 0 Å². The van der Waals surface area contributed by atoms with Crippen LogP contribution in [0.3, 0.4) is 0 Å². The normalized spacial score (nSPS) is 10.8. The Labute approximate surface area is 123 Å². The molecular weight excluding hydrogens is 265 g/mol. The van der Waals surface area contributed by atoms with Crippen LogP contribution in [0.4, 0.5) is 4.39 Å². The van der Waals surface area contributed by atoms with Gasteiger partial charge in [-0.15, -0.1) is 0 Å². The van der Waals surface area contributed by atoms with Gasteiger partial charge in [-0.25, -0.2) is 4.39 Å². The van der Waals surface area contributed by atoms with Crippen molar-refractivity contribution < 1.29 is 9.13 Å². The lowest BCUT2D eigenvalue weighted by Crippen LogP contribution is -2.04. The first-order valence-corrected chi connectivity index (χ1v) is 6.92. The molecule has 0 amide bonds. The molecule has 0 fully saturated rings. The van der Waals surface area contributed by atoms with Gasteiger partial charge in [0, 0.05) is 5.39 Å². The zero-order valence-corrected chi connectivity index (χ0v) is 11.6. The van der Waals surface area contributed by atoms with Gasteiger partial charge in [0.15, 0.2) is 0 Å². The van der Waals surface area contributed by atoms with Crippen LogP contribution in [-0.4, -0.2) is 6.54 Å². The van der Waals surface area contributed by atoms with Gasteiger partial charge < -0.3 is 10.5 Å². The molecule has 0 saturated heterocycles. The Morgan fingerprint density at radius 1 is 0.905 bits per heavy atom. The number of benzene rings is 3. The van der Waals surface area contributed by atoms with E-state index in [0.29, 0.717) is 18.7 Å². The number of nitrogens with two attached hydrogens (primary N) is 1. The van der Waals surface area contributed by atoms with Crippen molar-refractivity contribution in [3.05, 3.63) is 72.0 Å². The van der Waals surface area contributed by atoms with Crippen molar-refractivity contribution in [2.24, 2.45) is 5.73 Å². The third kappa shape index (κ3) is 2.88. The SMILES string of the molecule is NCCc1cc(F)ccc1Oc1cccc2ccccc12. The fraction of sp³-hybridized carbons (Fsp3) is 0.111. The molecule has 0 spiro atoms. The van der Waals surface area contributed by atoms with Crippen LogP contribution in [0, 0.1) is 5.82 Å². The van der Waals surface area contributed by atoms with Gasteiger partial charge in [-0.3, -0.25) is 0 Å². The first kappa shape index (κ1) is 13.6. The summed E-state index contributed by atoms with van der Waals surface area (Å²) >= 11 is 0. The molecular formula is C18H16FNO. The highest BCUT2D eigenvalue weighted by atomic mass is 19.1. The van der Waals surface area contributed by atoms with E-state index in [4.69, 9.17) is 10.5 Å². The molecule has 0 saturated carbocycles. The smallest absolute Gasteiger partial charge is 0.135 e. The van der Waals surface area contributed by atoms with Crippen molar-refractivity contribution in [3.8, 4) is 11.5 Å². The summed E-state index contributed by atoms with van der Waals surface area (Å²) in [4.78, 5) is 0. The Kier molecular flexibility index (Phi) is 3.84. The molecule has 2 N–H and O–H groups in total. The van der Waals surface area contributed by atoms with Gasteiger partial charge in [-0.05, 0) is 48.2 Å². The lowest BCUT2D eigenvalue weighted by molar-refractivity contribution is 0.479. The van der Waals surface area contributed by atoms with Gasteiger partial charge >= 0.3 is 0 Å². The van der Waals surface area contributed by atoms with Gasteiger partial charge in [0.1, 0.15) is 17.3 Å². The van der Waals surface area contributed by atoms with Crippen molar-refractivity contribution in [2.45, 2.75) is 6.42 Å². The molecule has 0 heterocycles. The van der Waals surface area contributed by atoms with E-state index in [9.17, 15) is 4.39 Å². The summed E-state index contributed by atoms with van der Waals surface area (Å²) < 4.78 is 19.4. The van der Waals surface area contributed by atoms with Crippen LogP contribution in [0.1, 0.15) is 5.56 Å². The van der Waals surface area contributed by atoms with Crippen LogP contribution in [0.5, 0.6) is 11.5 Å². The van der Waals surface area contributed by atoms with Crippen LogP contribution >= 0.6 is 0 Å². The van der Waals surface area contributed by atoms with E-state index < -0.39 is 0 Å². The average Bonchev–Trinajstić information content (AvgIpc) is 2.50. The Balaban J connectivity index is 2.02. The molecule has 0 aliphatic carbocycles. The monoisotopic (exact) mass is 281 g/mol.